The third-order valence-electron chi connectivity index (χ3n) is 5.05. The lowest BCUT2D eigenvalue weighted by atomic mass is 9.96. The third-order valence-corrected chi connectivity index (χ3v) is 5.05. The molecule has 3 aromatic carbocycles. The van der Waals surface area contributed by atoms with Gasteiger partial charge < -0.3 is 4.74 Å². The molecule has 0 saturated carbocycles. The highest BCUT2D eigenvalue weighted by Crippen LogP contribution is 2.48. The van der Waals surface area contributed by atoms with E-state index in [2.05, 4.69) is 0 Å². The lowest BCUT2D eigenvalue weighted by molar-refractivity contribution is -0.0234. The van der Waals surface area contributed by atoms with E-state index in [1.807, 2.05) is 54.6 Å². The molecule has 0 spiro atoms. The smallest absolute Gasteiger partial charge is 0.219 e. The Morgan fingerprint density at radius 1 is 0.852 bits per heavy atom. The Morgan fingerprint density at radius 3 is 2.33 bits per heavy atom. The fourth-order valence-corrected chi connectivity index (χ4v) is 3.78. The molecule has 0 fully saturated rings. The molecule has 27 heavy (non-hydrogen) atoms. The Labute approximate surface area is 155 Å². The van der Waals surface area contributed by atoms with E-state index in [0.717, 1.165) is 16.8 Å². The van der Waals surface area contributed by atoms with E-state index < -0.39 is 17.9 Å². The molecule has 0 unspecified atom stereocenters. The lowest BCUT2D eigenvalue weighted by Gasteiger charge is -2.38. The highest BCUT2D eigenvalue weighted by atomic mass is 19.1. The molecule has 5 heteroatoms. The Kier molecular flexibility index (Phi) is 3.67. The van der Waals surface area contributed by atoms with E-state index in [9.17, 15) is 8.78 Å². The number of benzene rings is 3. The number of hydrogen-bond donors (Lipinski definition) is 0. The zero-order chi connectivity index (χ0) is 18.4. The summed E-state index contributed by atoms with van der Waals surface area (Å²) in [5, 5.41) is 6.40. The normalized spacial score (nSPS) is 20.5. The van der Waals surface area contributed by atoms with Crippen LogP contribution in [0.4, 0.5) is 8.78 Å². The number of halogens is 2. The largest absolute Gasteiger partial charge is 0.464 e. The van der Waals surface area contributed by atoms with Crippen molar-refractivity contribution in [1.29, 1.82) is 0 Å². The molecule has 0 N–H and O–H groups in total. The van der Waals surface area contributed by atoms with E-state index in [0.29, 0.717) is 12.2 Å². The Balaban J connectivity index is 1.65. The van der Waals surface area contributed by atoms with Gasteiger partial charge in [0, 0.05) is 12.0 Å². The average Bonchev–Trinajstić information content (AvgIpc) is 3.14. The highest BCUT2D eigenvalue weighted by Gasteiger charge is 2.42. The van der Waals surface area contributed by atoms with Crippen LogP contribution < -0.4 is 4.74 Å². The number of fused-ring (bicyclic) bond motifs is 3. The van der Waals surface area contributed by atoms with Crippen LogP contribution in [0.3, 0.4) is 0 Å². The monoisotopic (exact) mass is 362 g/mol. The second kappa shape index (κ2) is 6.20. The van der Waals surface area contributed by atoms with Crippen molar-refractivity contribution in [3.05, 3.63) is 101 Å². The average molecular weight is 362 g/mol. The van der Waals surface area contributed by atoms with Crippen molar-refractivity contribution in [2.45, 2.75) is 18.7 Å². The number of para-hydroxylation sites is 1. The van der Waals surface area contributed by atoms with Crippen molar-refractivity contribution < 1.29 is 13.5 Å². The summed E-state index contributed by atoms with van der Waals surface area (Å²) in [5.74, 6) is -0.640. The molecule has 2 heterocycles. The first-order valence-corrected chi connectivity index (χ1v) is 8.83. The van der Waals surface area contributed by atoms with Gasteiger partial charge >= 0.3 is 0 Å². The van der Waals surface area contributed by atoms with Crippen LogP contribution in [-0.4, -0.2) is 10.7 Å². The summed E-state index contributed by atoms with van der Waals surface area (Å²) in [7, 11) is 0. The van der Waals surface area contributed by atoms with Crippen LogP contribution in [0.2, 0.25) is 0 Å². The van der Waals surface area contributed by atoms with Gasteiger partial charge in [-0.05, 0) is 23.8 Å². The highest BCUT2D eigenvalue weighted by molar-refractivity contribution is 6.01. The van der Waals surface area contributed by atoms with Crippen LogP contribution in [0.15, 0.2) is 77.9 Å². The number of hydrazone groups is 1. The van der Waals surface area contributed by atoms with Crippen LogP contribution in [-0.2, 0) is 0 Å². The lowest BCUT2D eigenvalue weighted by Crippen LogP contribution is -2.34. The van der Waals surface area contributed by atoms with Gasteiger partial charge in [0.05, 0.1) is 17.3 Å². The van der Waals surface area contributed by atoms with Crippen LogP contribution in [0, 0.1) is 11.6 Å². The fraction of sp³-hybridized carbons (Fsp3) is 0.136. The van der Waals surface area contributed by atoms with Crippen molar-refractivity contribution in [3.63, 3.8) is 0 Å². The molecular weight excluding hydrogens is 346 g/mol. The Bertz CT molecular complexity index is 1020. The molecule has 0 saturated heterocycles. The maximum absolute atomic E-state index is 14.5. The third kappa shape index (κ3) is 2.58. The summed E-state index contributed by atoms with van der Waals surface area (Å²) in [6.07, 6.45) is -0.302. The fourth-order valence-electron chi connectivity index (χ4n) is 3.78. The van der Waals surface area contributed by atoms with Crippen molar-refractivity contribution in [3.8, 4) is 5.75 Å². The van der Waals surface area contributed by atoms with E-state index in [1.165, 1.54) is 18.2 Å². The van der Waals surface area contributed by atoms with Gasteiger partial charge in [-0.15, -0.1) is 0 Å². The zero-order valence-corrected chi connectivity index (χ0v) is 14.3. The molecule has 2 atom stereocenters. The van der Waals surface area contributed by atoms with Crippen molar-refractivity contribution >= 4 is 5.71 Å². The molecule has 0 bridgehead atoms. The number of nitrogens with zero attached hydrogens (tertiary/aromatic N) is 2. The van der Waals surface area contributed by atoms with Gasteiger partial charge in [0.15, 0.2) is 0 Å². The first-order chi connectivity index (χ1) is 13.2. The molecular formula is C22H16F2N2O. The minimum atomic E-state index is -0.952. The first-order valence-electron chi connectivity index (χ1n) is 8.83. The Hall–Kier alpha value is -3.21. The summed E-state index contributed by atoms with van der Waals surface area (Å²) in [5.41, 5.74) is 2.73. The number of ether oxygens (including phenoxy) is 1. The van der Waals surface area contributed by atoms with Crippen LogP contribution in [0.5, 0.6) is 5.75 Å². The standard InChI is InChI=1S/C22H16F2N2O/c23-16-10-6-11-17(24)21(16)22-26-19(15-9-4-5-12-20(15)27-22)13-18(25-26)14-7-2-1-3-8-14/h1-12,19,22H,13H2/t19-,22+/m1/s1. The van der Waals surface area contributed by atoms with E-state index in [-0.39, 0.29) is 11.6 Å². The summed E-state index contributed by atoms with van der Waals surface area (Å²) in [6, 6.07) is 21.1. The molecule has 0 radical (unpaired) electrons. The molecule has 0 amide bonds. The molecule has 0 aliphatic carbocycles. The van der Waals surface area contributed by atoms with Gasteiger partial charge in [-0.3, -0.25) is 0 Å². The molecule has 0 aromatic heterocycles. The molecule has 3 aromatic rings. The molecule has 5 rings (SSSR count). The predicted molar refractivity (Wildman–Crippen MR) is 98.3 cm³/mol. The summed E-state index contributed by atoms with van der Waals surface area (Å²) in [6.45, 7) is 0. The predicted octanol–water partition coefficient (Wildman–Crippen LogP) is 5.21. The molecule has 2 aliphatic heterocycles. The number of hydrogen-bond acceptors (Lipinski definition) is 3. The minimum Gasteiger partial charge on any atom is -0.464 e. The van der Waals surface area contributed by atoms with Crippen LogP contribution in [0.1, 0.15) is 35.4 Å². The van der Waals surface area contributed by atoms with Crippen molar-refractivity contribution in [2.75, 3.05) is 0 Å². The first kappa shape index (κ1) is 16.0. The topological polar surface area (TPSA) is 24.8 Å². The summed E-state index contributed by atoms with van der Waals surface area (Å²) in [4.78, 5) is 0. The maximum Gasteiger partial charge on any atom is 0.219 e. The summed E-state index contributed by atoms with van der Waals surface area (Å²) >= 11 is 0. The van der Waals surface area contributed by atoms with E-state index >= 15 is 0 Å². The van der Waals surface area contributed by atoms with Gasteiger partial charge in [0.2, 0.25) is 6.23 Å². The van der Waals surface area contributed by atoms with Gasteiger partial charge in [0.1, 0.15) is 17.4 Å². The van der Waals surface area contributed by atoms with Gasteiger partial charge in [0.25, 0.3) is 0 Å². The second-order valence-electron chi connectivity index (χ2n) is 6.66. The molecule has 134 valence electrons. The van der Waals surface area contributed by atoms with E-state index in [4.69, 9.17) is 9.84 Å². The van der Waals surface area contributed by atoms with E-state index in [1.54, 1.807) is 5.01 Å². The Morgan fingerprint density at radius 2 is 1.56 bits per heavy atom. The molecule has 3 nitrogen and oxygen atoms in total. The SMILES string of the molecule is Fc1cccc(F)c1[C@@H]1Oc2ccccc2[C@H]2CC(c3ccccc3)=NN21. The van der Waals surface area contributed by atoms with Gasteiger partial charge in [-0.1, -0.05) is 54.6 Å². The van der Waals surface area contributed by atoms with Gasteiger partial charge in [-0.25, -0.2) is 13.8 Å². The maximum atomic E-state index is 14.5. The summed E-state index contributed by atoms with van der Waals surface area (Å²) < 4.78 is 35.0. The zero-order valence-electron chi connectivity index (χ0n) is 14.3. The van der Waals surface area contributed by atoms with Crippen LogP contribution in [0.25, 0.3) is 0 Å². The molecule has 2 aliphatic rings. The van der Waals surface area contributed by atoms with Gasteiger partial charge in [-0.2, -0.15) is 5.10 Å². The van der Waals surface area contributed by atoms with Crippen molar-refractivity contribution in [2.24, 2.45) is 5.10 Å². The minimum absolute atomic E-state index is 0.116. The van der Waals surface area contributed by atoms with Crippen molar-refractivity contribution in [1.82, 2.24) is 5.01 Å². The second-order valence-corrected chi connectivity index (χ2v) is 6.66. The number of rotatable bonds is 2. The van der Waals surface area contributed by atoms with Crippen LogP contribution >= 0.6 is 0 Å². The quantitative estimate of drug-likeness (QED) is 0.625.